The maximum absolute atomic E-state index is 14.0. The fourth-order valence-electron chi connectivity index (χ4n) is 4.13. The third kappa shape index (κ3) is 6.93. The average Bonchev–Trinajstić information content (AvgIpc) is 3.37. The van der Waals surface area contributed by atoms with E-state index in [0.717, 1.165) is 23.0 Å². The predicted molar refractivity (Wildman–Crippen MR) is 137 cm³/mol. The topological polar surface area (TPSA) is 110 Å². The Balaban J connectivity index is 1.78. The van der Waals surface area contributed by atoms with Crippen molar-refractivity contribution in [1.82, 2.24) is 19.9 Å². The molecule has 5 atom stereocenters. The molecule has 17 heteroatoms. The Hall–Kier alpha value is -2.53. The number of amides is 1. The summed E-state index contributed by atoms with van der Waals surface area (Å²) in [4.78, 5) is 14.1. The van der Waals surface area contributed by atoms with Crippen LogP contribution in [0.2, 0.25) is 10.0 Å². The highest BCUT2D eigenvalue weighted by molar-refractivity contribution is 8.00. The van der Waals surface area contributed by atoms with E-state index in [1.807, 2.05) is 0 Å². The summed E-state index contributed by atoms with van der Waals surface area (Å²) in [5.74, 6) is -2.70. The average molecular weight is 643 g/mol. The summed E-state index contributed by atoms with van der Waals surface area (Å²) in [7, 11) is 2.96. The number of rotatable bonds is 7. The lowest BCUT2D eigenvalue weighted by Crippen LogP contribution is -2.57. The van der Waals surface area contributed by atoms with Crippen molar-refractivity contribution < 1.29 is 46.4 Å². The highest BCUT2D eigenvalue weighted by Gasteiger charge is 2.52. The lowest BCUT2D eigenvalue weighted by atomic mass is 9.97. The van der Waals surface area contributed by atoms with Gasteiger partial charge in [0, 0.05) is 29.6 Å². The molecule has 3 unspecified atom stereocenters. The molecule has 1 fully saturated rings. The second-order valence-corrected chi connectivity index (χ2v) is 11.0. The van der Waals surface area contributed by atoms with Gasteiger partial charge in [0.2, 0.25) is 0 Å². The highest BCUT2D eigenvalue weighted by atomic mass is 35.5. The number of aromatic nitrogens is 3. The number of carbonyl (C=O) groups excluding carboxylic acids is 1. The first kappa shape index (κ1) is 31.4. The van der Waals surface area contributed by atoms with Gasteiger partial charge in [0.25, 0.3) is 5.91 Å². The van der Waals surface area contributed by atoms with Crippen LogP contribution in [0.5, 0.6) is 0 Å². The van der Waals surface area contributed by atoms with Crippen LogP contribution >= 0.6 is 35.0 Å². The zero-order valence-electron chi connectivity index (χ0n) is 21.0. The van der Waals surface area contributed by atoms with E-state index in [2.05, 4.69) is 15.0 Å². The van der Waals surface area contributed by atoms with Crippen molar-refractivity contribution in [3.8, 4) is 11.3 Å². The van der Waals surface area contributed by atoms with Gasteiger partial charge in [-0.1, -0.05) is 40.2 Å². The molecule has 0 saturated carbocycles. The Morgan fingerprint density at radius 3 is 2.44 bits per heavy atom. The molecule has 2 heterocycles. The fraction of sp³-hybridized carbons (Fsp3) is 0.375. The SMILES string of the molecule is CN(C)C(=O)c1ccc(Cl)cc1S[C@H]1OC(CO)[C@H](O)C(n2cc(-c3cc(F)c(Cl)c(F)c3)nn2)C1OC(F)(F)F. The quantitative estimate of drug-likeness (QED) is 0.285. The minimum absolute atomic E-state index is 0.0943. The number of aliphatic hydroxyl groups excluding tert-OH is 2. The Bertz CT molecular complexity index is 1410. The molecule has 41 heavy (non-hydrogen) atoms. The minimum Gasteiger partial charge on any atom is -0.394 e. The van der Waals surface area contributed by atoms with Crippen molar-refractivity contribution >= 4 is 40.9 Å². The van der Waals surface area contributed by atoms with Crippen molar-refractivity contribution in [3.05, 3.63) is 63.8 Å². The van der Waals surface area contributed by atoms with E-state index in [1.165, 1.54) is 37.2 Å². The van der Waals surface area contributed by atoms with Crippen LogP contribution in [-0.4, -0.2) is 86.8 Å². The number of carbonyl (C=O) groups is 1. The normalized spacial score (nSPS) is 23.0. The second kappa shape index (κ2) is 12.4. The van der Waals surface area contributed by atoms with Crippen molar-refractivity contribution in [2.45, 2.75) is 41.0 Å². The molecule has 2 N–H and O–H groups in total. The fourth-order valence-corrected chi connectivity index (χ4v) is 5.75. The monoisotopic (exact) mass is 642 g/mol. The molecule has 0 bridgehead atoms. The first-order valence-corrected chi connectivity index (χ1v) is 13.3. The van der Waals surface area contributed by atoms with E-state index in [4.69, 9.17) is 27.9 Å². The van der Waals surface area contributed by atoms with Crippen LogP contribution < -0.4 is 0 Å². The van der Waals surface area contributed by atoms with Gasteiger partial charge in [0.1, 0.15) is 52.1 Å². The first-order chi connectivity index (χ1) is 19.2. The van der Waals surface area contributed by atoms with Crippen molar-refractivity contribution in [3.63, 3.8) is 0 Å². The summed E-state index contributed by atoms with van der Waals surface area (Å²) in [5.41, 5.74) is -1.80. The van der Waals surface area contributed by atoms with E-state index < -0.39 is 65.3 Å². The lowest BCUT2D eigenvalue weighted by molar-refractivity contribution is -0.366. The third-order valence-electron chi connectivity index (χ3n) is 6.01. The molecule has 4 rings (SSSR count). The van der Waals surface area contributed by atoms with Crippen molar-refractivity contribution in [2.24, 2.45) is 0 Å². The summed E-state index contributed by atoms with van der Waals surface area (Å²) >= 11 is 12.3. The zero-order valence-corrected chi connectivity index (χ0v) is 23.3. The van der Waals surface area contributed by atoms with E-state index >= 15 is 0 Å². The Kier molecular flexibility index (Phi) is 9.48. The van der Waals surface area contributed by atoms with E-state index in [9.17, 15) is 37.0 Å². The van der Waals surface area contributed by atoms with Gasteiger partial charge in [0.05, 0.1) is 18.4 Å². The molecule has 9 nitrogen and oxygen atoms in total. The zero-order chi connectivity index (χ0) is 30.2. The molecule has 1 aliphatic heterocycles. The van der Waals surface area contributed by atoms with E-state index in [1.54, 1.807) is 0 Å². The van der Waals surface area contributed by atoms with Crippen LogP contribution in [0.25, 0.3) is 11.3 Å². The smallest absolute Gasteiger partial charge is 0.394 e. The molecule has 1 amide bonds. The molecule has 1 aromatic heterocycles. The Morgan fingerprint density at radius 1 is 1.20 bits per heavy atom. The molecule has 3 aromatic rings. The molecule has 1 aliphatic rings. The summed E-state index contributed by atoms with van der Waals surface area (Å²) < 4.78 is 79.9. The van der Waals surface area contributed by atoms with Gasteiger partial charge in [-0.3, -0.25) is 9.53 Å². The number of benzene rings is 2. The standard InChI is InChI=1S/C24H21Cl2F5N4O5S/c1-34(2)22(38)12-4-3-11(25)7-17(12)41-23-21(40-24(29,30)31)19(20(37)16(9-36)39-23)35-8-15(32-33-35)10-5-13(27)18(26)14(28)6-10/h3-8,16,19-21,23,36-37H,9H2,1-2H3/t16?,19?,20-,21?,23+/m0/s1. The first-order valence-electron chi connectivity index (χ1n) is 11.6. The summed E-state index contributed by atoms with van der Waals surface area (Å²) in [6.45, 7) is -0.818. The number of thioether (sulfide) groups is 1. The molecule has 0 aliphatic carbocycles. The predicted octanol–water partition coefficient (Wildman–Crippen LogP) is 4.55. The number of halogens is 7. The van der Waals surface area contributed by atoms with Crippen LogP contribution in [0.4, 0.5) is 22.0 Å². The molecular weight excluding hydrogens is 622 g/mol. The van der Waals surface area contributed by atoms with E-state index in [-0.39, 0.29) is 26.7 Å². The van der Waals surface area contributed by atoms with Crippen LogP contribution in [0.3, 0.4) is 0 Å². The second-order valence-electron chi connectivity index (χ2n) is 9.03. The van der Waals surface area contributed by atoms with Gasteiger partial charge in [-0.2, -0.15) is 0 Å². The number of hydrogen-bond donors (Lipinski definition) is 2. The van der Waals surface area contributed by atoms with Crippen LogP contribution in [-0.2, 0) is 9.47 Å². The number of ether oxygens (including phenoxy) is 2. The largest absolute Gasteiger partial charge is 0.522 e. The molecule has 222 valence electrons. The molecule has 1 saturated heterocycles. The van der Waals surface area contributed by atoms with Gasteiger partial charge in [-0.25, -0.2) is 13.5 Å². The van der Waals surface area contributed by atoms with E-state index in [0.29, 0.717) is 11.8 Å². The molecule has 0 spiro atoms. The number of aliphatic hydroxyl groups is 2. The summed E-state index contributed by atoms with van der Waals surface area (Å²) in [5, 5.41) is 27.8. The van der Waals surface area contributed by atoms with Gasteiger partial charge in [-0.05, 0) is 30.3 Å². The lowest BCUT2D eigenvalue weighted by Gasteiger charge is -2.43. The number of alkyl halides is 3. The van der Waals surface area contributed by atoms with Crippen LogP contribution in [0.1, 0.15) is 16.4 Å². The van der Waals surface area contributed by atoms with Gasteiger partial charge in [0.15, 0.2) is 0 Å². The van der Waals surface area contributed by atoms with Gasteiger partial charge >= 0.3 is 6.36 Å². The van der Waals surface area contributed by atoms with Gasteiger partial charge < -0.3 is 19.8 Å². The Morgan fingerprint density at radius 2 is 1.85 bits per heavy atom. The van der Waals surface area contributed by atoms with Crippen LogP contribution in [0, 0.1) is 11.6 Å². The van der Waals surface area contributed by atoms with Crippen LogP contribution in [0.15, 0.2) is 41.4 Å². The minimum atomic E-state index is -5.24. The summed E-state index contributed by atoms with van der Waals surface area (Å²) in [6.07, 6.45) is -9.48. The highest BCUT2D eigenvalue weighted by Crippen LogP contribution is 2.43. The van der Waals surface area contributed by atoms with Crippen molar-refractivity contribution in [1.29, 1.82) is 0 Å². The van der Waals surface area contributed by atoms with Crippen molar-refractivity contribution in [2.75, 3.05) is 20.7 Å². The maximum Gasteiger partial charge on any atom is 0.522 e. The Labute approximate surface area is 243 Å². The molecule has 2 aromatic carbocycles. The maximum atomic E-state index is 14.0. The number of hydrogen-bond acceptors (Lipinski definition) is 8. The molecule has 0 radical (unpaired) electrons. The number of nitrogens with zero attached hydrogens (tertiary/aromatic N) is 4. The summed E-state index contributed by atoms with van der Waals surface area (Å²) in [6, 6.07) is 4.18. The molecular formula is C24H21Cl2F5N4O5S. The third-order valence-corrected chi connectivity index (χ3v) is 7.81. The van der Waals surface area contributed by atoms with Gasteiger partial charge in [-0.15, -0.1) is 18.3 Å².